The van der Waals surface area contributed by atoms with Gasteiger partial charge >= 0.3 is 0 Å². The fraction of sp³-hybridized carbons (Fsp3) is 0.474. The summed E-state index contributed by atoms with van der Waals surface area (Å²) in [4.78, 5) is 15.1. The molecule has 1 N–H and O–H groups in total. The van der Waals surface area contributed by atoms with Crippen molar-refractivity contribution in [2.75, 3.05) is 20.2 Å². The molecular formula is C19H23N3O3S. The maximum absolute atomic E-state index is 12.6. The molecule has 1 aromatic carbocycles. The third-order valence-corrected chi connectivity index (χ3v) is 6.22. The van der Waals surface area contributed by atoms with Gasteiger partial charge in [0.2, 0.25) is 5.88 Å². The Kier molecular flexibility index (Phi) is 4.82. The molecule has 2 atom stereocenters. The molecule has 2 unspecified atom stereocenters. The number of ether oxygens (including phenoxy) is 2. The van der Waals surface area contributed by atoms with Crippen LogP contribution in [0.5, 0.6) is 16.7 Å². The molecule has 7 heteroatoms. The SMILES string of the molecule is COc1cc(Oc2ccc(C(=O)NC3C4CCN(CC4)C3C)cc2)ns1. The Hall–Kier alpha value is -2.12. The first-order chi connectivity index (χ1) is 12.6. The second kappa shape index (κ2) is 7.25. The molecule has 5 rings (SSSR count). The molecule has 26 heavy (non-hydrogen) atoms. The summed E-state index contributed by atoms with van der Waals surface area (Å²) in [6, 6.07) is 9.55. The predicted octanol–water partition coefficient (Wildman–Crippen LogP) is 3.16. The van der Waals surface area contributed by atoms with E-state index in [4.69, 9.17) is 9.47 Å². The molecule has 3 fully saturated rings. The number of benzene rings is 1. The summed E-state index contributed by atoms with van der Waals surface area (Å²) in [5, 5.41) is 3.94. The quantitative estimate of drug-likeness (QED) is 0.872. The van der Waals surface area contributed by atoms with E-state index in [0.29, 0.717) is 34.2 Å². The molecule has 0 radical (unpaired) electrons. The van der Waals surface area contributed by atoms with Crippen LogP contribution >= 0.6 is 11.5 Å². The zero-order chi connectivity index (χ0) is 18.1. The first kappa shape index (κ1) is 17.3. The highest BCUT2D eigenvalue weighted by atomic mass is 32.1. The lowest BCUT2D eigenvalue weighted by Gasteiger charge is -2.49. The van der Waals surface area contributed by atoms with Crippen LogP contribution in [0.2, 0.25) is 0 Å². The average Bonchev–Trinajstić information content (AvgIpc) is 3.13. The summed E-state index contributed by atoms with van der Waals surface area (Å²) >= 11 is 1.24. The molecule has 3 aliphatic heterocycles. The molecule has 1 amide bonds. The van der Waals surface area contributed by atoms with E-state index in [1.165, 1.54) is 24.4 Å². The van der Waals surface area contributed by atoms with Crippen molar-refractivity contribution in [1.82, 2.24) is 14.6 Å². The lowest BCUT2D eigenvalue weighted by atomic mass is 9.79. The second-order valence-corrected chi connectivity index (χ2v) is 7.70. The third kappa shape index (κ3) is 3.41. The number of methoxy groups -OCH3 is 1. The summed E-state index contributed by atoms with van der Waals surface area (Å²) in [5.74, 6) is 1.72. The van der Waals surface area contributed by atoms with Crippen LogP contribution in [0, 0.1) is 5.92 Å². The Bertz CT molecular complexity index is 767. The van der Waals surface area contributed by atoms with Gasteiger partial charge in [-0.05, 0) is 63.0 Å². The van der Waals surface area contributed by atoms with E-state index in [1.54, 1.807) is 37.4 Å². The van der Waals surface area contributed by atoms with Crippen molar-refractivity contribution in [2.45, 2.75) is 31.8 Å². The minimum absolute atomic E-state index is 0.0162. The van der Waals surface area contributed by atoms with Crippen LogP contribution in [0.4, 0.5) is 0 Å². The number of fused-ring (bicyclic) bond motifs is 3. The van der Waals surface area contributed by atoms with Crippen molar-refractivity contribution in [3.63, 3.8) is 0 Å². The molecule has 138 valence electrons. The van der Waals surface area contributed by atoms with Crippen LogP contribution in [0.3, 0.4) is 0 Å². The monoisotopic (exact) mass is 373 g/mol. The summed E-state index contributed by atoms with van der Waals surface area (Å²) in [6.07, 6.45) is 2.36. The van der Waals surface area contributed by atoms with Gasteiger partial charge in [0, 0.05) is 29.2 Å². The topological polar surface area (TPSA) is 63.7 Å². The summed E-state index contributed by atoms with van der Waals surface area (Å²) in [7, 11) is 1.60. The highest BCUT2D eigenvalue weighted by molar-refractivity contribution is 7.07. The van der Waals surface area contributed by atoms with E-state index in [9.17, 15) is 4.79 Å². The number of carbonyl (C=O) groups is 1. The lowest BCUT2D eigenvalue weighted by molar-refractivity contribution is 0.0217. The van der Waals surface area contributed by atoms with Gasteiger partial charge in [-0.15, -0.1) is 0 Å². The van der Waals surface area contributed by atoms with Crippen molar-refractivity contribution >= 4 is 17.4 Å². The largest absolute Gasteiger partial charge is 0.486 e. The first-order valence-corrected chi connectivity index (χ1v) is 9.75. The minimum atomic E-state index is -0.0162. The van der Waals surface area contributed by atoms with E-state index in [0.717, 1.165) is 13.1 Å². The molecular weight excluding hydrogens is 350 g/mol. The van der Waals surface area contributed by atoms with Gasteiger partial charge in [0.15, 0.2) is 5.06 Å². The molecule has 0 spiro atoms. The van der Waals surface area contributed by atoms with E-state index in [1.807, 2.05) is 0 Å². The fourth-order valence-electron chi connectivity index (χ4n) is 3.96. The Morgan fingerprint density at radius 1 is 1.27 bits per heavy atom. The molecule has 2 bridgehead atoms. The highest BCUT2D eigenvalue weighted by Gasteiger charge is 2.40. The number of nitrogens with zero attached hydrogens (tertiary/aromatic N) is 2. The minimum Gasteiger partial charge on any atom is -0.486 e. The number of amides is 1. The van der Waals surface area contributed by atoms with E-state index in [2.05, 4.69) is 21.5 Å². The van der Waals surface area contributed by atoms with Crippen LogP contribution < -0.4 is 14.8 Å². The number of carbonyl (C=O) groups excluding carboxylic acids is 1. The third-order valence-electron chi connectivity index (χ3n) is 5.48. The molecule has 3 aliphatic rings. The van der Waals surface area contributed by atoms with Gasteiger partial charge in [0.1, 0.15) is 5.75 Å². The second-order valence-electron chi connectivity index (χ2n) is 6.93. The van der Waals surface area contributed by atoms with Crippen molar-refractivity contribution < 1.29 is 14.3 Å². The van der Waals surface area contributed by atoms with Crippen molar-refractivity contribution in [1.29, 1.82) is 0 Å². The number of hydrogen-bond acceptors (Lipinski definition) is 6. The predicted molar refractivity (Wildman–Crippen MR) is 100 cm³/mol. The molecule has 0 saturated carbocycles. The summed E-state index contributed by atoms with van der Waals surface area (Å²) in [6.45, 7) is 4.53. The number of aromatic nitrogens is 1. The molecule has 2 aromatic rings. The fourth-order valence-corrected chi connectivity index (χ4v) is 4.46. The number of rotatable bonds is 5. The van der Waals surface area contributed by atoms with Gasteiger partial charge in [-0.25, -0.2) is 0 Å². The summed E-state index contributed by atoms with van der Waals surface area (Å²) in [5.41, 5.74) is 0.650. The zero-order valence-corrected chi connectivity index (χ0v) is 15.8. The zero-order valence-electron chi connectivity index (χ0n) is 15.0. The maximum Gasteiger partial charge on any atom is 0.251 e. The van der Waals surface area contributed by atoms with Gasteiger partial charge in [-0.3, -0.25) is 9.69 Å². The molecule has 6 nitrogen and oxygen atoms in total. The van der Waals surface area contributed by atoms with Crippen LogP contribution in [-0.4, -0.2) is 47.5 Å². The maximum atomic E-state index is 12.6. The Morgan fingerprint density at radius 3 is 2.62 bits per heavy atom. The molecule has 1 aromatic heterocycles. The van der Waals surface area contributed by atoms with Gasteiger partial charge in [0.25, 0.3) is 5.91 Å². The standard InChI is InChI=1S/C19H23N3O3S/c1-12-18(13-7-9-22(12)10-8-13)20-19(23)14-3-5-15(6-4-14)25-16-11-17(24-2)26-21-16/h3-6,11-13,18H,7-10H2,1-2H3,(H,20,23). The van der Waals surface area contributed by atoms with E-state index < -0.39 is 0 Å². The smallest absolute Gasteiger partial charge is 0.251 e. The Balaban J connectivity index is 1.39. The number of piperidine rings is 3. The van der Waals surface area contributed by atoms with Crippen LogP contribution in [0.15, 0.2) is 30.3 Å². The van der Waals surface area contributed by atoms with Crippen LogP contribution in [-0.2, 0) is 0 Å². The van der Waals surface area contributed by atoms with Gasteiger partial charge < -0.3 is 14.8 Å². The van der Waals surface area contributed by atoms with Gasteiger partial charge in [0.05, 0.1) is 13.2 Å². The van der Waals surface area contributed by atoms with Crippen LogP contribution in [0.25, 0.3) is 0 Å². The van der Waals surface area contributed by atoms with E-state index in [-0.39, 0.29) is 11.9 Å². The normalized spacial score (nSPS) is 27.2. The average molecular weight is 373 g/mol. The van der Waals surface area contributed by atoms with Crippen molar-refractivity contribution in [3.8, 4) is 16.7 Å². The molecule has 0 aliphatic carbocycles. The Morgan fingerprint density at radius 2 is 2.00 bits per heavy atom. The van der Waals surface area contributed by atoms with Crippen LogP contribution in [0.1, 0.15) is 30.1 Å². The van der Waals surface area contributed by atoms with Crippen molar-refractivity contribution in [2.24, 2.45) is 5.92 Å². The van der Waals surface area contributed by atoms with E-state index >= 15 is 0 Å². The highest BCUT2D eigenvalue weighted by Crippen LogP contribution is 2.32. The lowest BCUT2D eigenvalue weighted by Crippen LogP contribution is -2.62. The Labute approximate surface area is 157 Å². The van der Waals surface area contributed by atoms with Gasteiger partial charge in [-0.1, -0.05) is 0 Å². The first-order valence-electron chi connectivity index (χ1n) is 8.97. The summed E-state index contributed by atoms with van der Waals surface area (Å²) < 4.78 is 14.9. The number of hydrogen-bond donors (Lipinski definition) is 1. The molecule has 4 heterocycles. The van der Waals surface area contributed by atoms with Crippen molar-refractivity contribution in [3.05, 3.63) is 35.9 Å². The number of nitrogens with one attached hydrogen (secondary N) is 1. The van der Waals surface area contributed by atoms with Gasteiger partial charge in [-0.2, -0.15) is 4.37 Å². The molecule has 3 saturated heterocycles.